The van der Waals surface area contributed by atoms with Gasteiger partial charge in [0.25, 0.3) is 0 Å². The van der Waals surface area contributed by atoms with Crippen molar-refractivity contribution >= 4 is 11.9 Å². The highest BCUT2D eigenvalue weighted by Gasteiger charge is 2.24. The summed E-state index contributed by atoms with van der Waals surface area (Å²) in [5, 5.41) is 7.98. The van der Waals surface area contributed by atoms with Gasteiger partial charge in [-0.15, -0.1) is 0 Å². The molecule has 7 heteroatoms. The van der Waals surface area contributed by atoms with Gasteiger partial charge in [-0.05, 0) is 19.5 Å². The van der Waals surface area contributed by atoms with Gasteiger partial charge >= 0.3 is 12.1 Å². The number of carboxylic acid groups (broad SMARTS) is 1. The summed E-state index contributed by atoms with van der Waals surface area (Å²) in [5.74, 6) is -1.35. The number of carbonyl (C=O) groups is 2. The van der Waals surface area contributed by atoms with Gasteiger partial charge in [-0.1, -0.05) is 6.58 Å². The number of hydrogen-bond acceptors (Lipinski definition) is 2. The van der Waals surface area contributed by atoms with Crippen LogP contribution in [0.5, 0.6) is 0 Å². The molecule has 1 saturated heterocycles. The van der Waals surface area contributed by atoms with E-state index in [4.69, 9.17) is 5.11 Å². The molecule has 1 aliphatic rings. The first kappa shape index (κ1) is 16.2. The molecule has 0 spiro atoms. The van der Waals surface area contributed by atoms with E-state index in [1.807, 2.05) is 0 Å². The van der Waals surface area contributed by atoms with Crippen LogP contribution in [0.3, 0.4) is 0 Å². The summed E-state index contributed by atoms with van der Waals surface area (Å²) in [6, 6.07) is 0. The highest BCUT2D eigenvalue weighted by atomic mass is 19.4. The molecule has 0 aromatic heterocycles. The Morgan fingerprint density at radius 3 is 2.22 bits per heavy atom. The molecule has 0 aromatic rings. The van der Waals surface area contributed by atoms with E-state index in [0.717, 1.165) is 19.9 Å². The molecule has 0 bridgehead atoms. The quantitative estimate of drug-likeness (QED) is 0.779. The van der Waals surface area contributed by atoms with Gasteiger partial charge < -0.3 is 10.0 Å². The first-order valence-corrected chi connectivity index (χ1v) is 5.09. The van der Waals surface area contributed by atoms with Gasteiger partial charge in [-0.2, -0.15) is 13.2 Å². The van der Waals surface area contributed by atoms with Crippen molar-refractivity contribution in [3.05, 3.63) is 24.4 Å². The number of carbonyl (C=O) groups excluding carboxylic acids is 1. The van der Waals surface area contributed by atoms with E-state index in [9.17, 15) is 22.8 Å². The lowest BCUT2D eigenvalue weighted by Gasteiger charge is -2.05. The molecule has 1 N–H and O–H groups in total. The Bertz CT molecular complexity index is 361. The largest absolute Gasteiger partial charge is 0.478 e. The van der Waals surface area contributed by atoms with E-state index < -0.39 is 17.7 Å². The fourth-order valence-electron chi connectivity index (χ4n) is 1.17. The number of allylic oxidation sites excluding steroid dienone is 1. The number of carboxylic acids is 1. The predicted octanol–water partition coefficient (Wildman–Crippen LogP) is 2.33. The van der Waals surface area contributed by atoms with Crippen LogP contribution in [-0.4, -0.2) is 34.6 Å². The van der Waals surface area contributed by atoms with Crippen molar-refractivity contribution in [3.63, 3.8) is 0 Å². The molecule has 0 saturated carbocycles. The standard InChI is InChI=1S/C6H9NO.C5H5F3O2/c1-2-7-5-3-4-6(7)8;1-3(4(9)10)2-5(6,7)8/h2H,1,3-5H2;2H,1H3,(H,9,10)/b;3-2+. The van der Waals surface area contributed by atoms with Crippen molar-refractivity contribution in [3.8, 4) is 0 Å². The van der Waals surface area contributed by atoms with Crippen molar-refractivity contribution in [1.82, 2.24) is 4.90 Å². The molecular weight excluding hydrogens is 251 g/mol. The zero-order chi connectivity index (χ0) is 14.3. The molecule has 4 nitrogen and oxygen atoms in total. The van der Waals surface area contributed by atoms with Crippen molar-refractivity contribution in [2.75, 3.05) is 6.54 Å². The lowest BCUT2D eigenvalue weighted by molar-refractivity contribution is -0.133. The van der Waals surface area contributed by atoms with E-state index in [0.29, 0.717) is 6.42 Å². The van der Waals surface area contributed by atoms with Crippen LogP contribution in [0, 0.1) is 0 Å². The Balaban J connectivity index is 0.000000327. The molecule has 1 fully saturated rings. The molecule has 0 aliphatic carbocycles. The minimum absolute atomic E-state index is 0.208. The maximum Gasteiger partial charge on any atom is 0.410 e. The number of aliphatic carboxylic acids is 1. The molecule has 102 valence electrons. The van der Waals surface area contributed by atoms with Gasteiger partial charge in [0, 0.05) is 24.6 Å². The van der Waals surface area contributed by atoms with Gasteiger partial charge in [0.15, 0.2) is 0 Å². The van der Waals surface area contributed by atoms with E-state index in [1.165, 1.54) is 0 Å². The lowest BCUT2D eigenvalue weighted by Crippen LogP contribution is -2.16. The minimum Gasteiger partial charge on any atom is -0.478 e. The molecule has 18 heavy (non-hydrogen) atoms. The lowest BCUT2D eigenvalue weighted by atomic mass is 10.3. The molecule has 1 rings (SSSR count). The summed E-state index contributed by atoms with van der Waals surface area (Å²) in [6.45, 7) is 5.25. The number of likely N-dealkylation sites (tertiary alicyclic amines) is 1. The van der Waals surface area contributed by atoms with Crippen LogP contribution in [0.4, 0.5) is 13.2 Å². The number of halogens is 3. The monoisotopic (exact) mass is 265 g/mol. The van der Waals surface area contributed by atoms with Crippen molar-refractivity contribution < 1.29 is 27.9 Å². The number of amides is 1. The van der Waals surface area contributed by atoms with Gasteiger partial charge in [-0.25, -0.2) is 4.79 Å². The molecule has 1 aliphatic heterocycles. The minimum atomic E-state index is -4.54. The van der Waals surface area contributed by atoms with Gasteiger partial charge in [0.2, 0.25) is 5.91 Å². The second kappa shape index (κ2) is 6.83. The zero-order valence-corrected chi connectivity index (χ0v) is 9.83. The summed E-state index contributed by atoms with van der Waals surface area (Å²) >= 11 is 0. The van der Waals surface area contributed by atoms with Crippen LogP contribution >= 0.6 is 0 Å². The van der Waals surface area contributed by atoms with E-state index in [1.54, 1.807) is 11.1 Å². The Morgan fingerprint density at radius 1 is 1.50 bits per heavy atom. The van der Waals surface area contributed by atoms with Crippen molar-refractivity contribution in [2.24, 2.45) is 0 Å². The predicted molar refractivity (Wildman–Crippen MR) is 58.6 cm³/mol. The third-order valence-electron chi connectivity index (χ3n) is 2.05. The number of rotatable bonds is 2. The molecule has 0 atom stereocenters. The maximum absolute atomic E-state index is 11.3. The second-order valence-corrected chi connectivity index (χ2v) is 3.55. The topological polar surface area (TPSA) is 57.6 Å². The Kier molecular flexibility index (Phi) is 6.15. The molecule has 1 amide bonds. The molecular formula is C11H14F3NO3. The summed E-state index contributed by atoms with van der Waals surface area (Å²) in [5.41, 5.74) is -0.715. The average Bonchev–Trinajstić information content (AvgIpc) is 2.62. The fraction of sp³-hybridized carbons (Fsp3) is 0.455. The summed E-state index contributed by atoms with van der Waals surface area (Å²) in [6.07, 6.45) is -1.51. The van der Waals surface area contributed by atoms with Crippen LogP contribution in [0.1, 0.15) is 19.8 Å². The molecule has 0 aromatic carbocycles. The first-order valence-electron chi connectivity index (χ1n) is 5.09. The Labute approximate surface area is 102 Å². The Morgan fingerprint density at radius 2 is 2.06 bits per heavy atom. The van der Waals surface area contributed by atoms with Crippen LogP contribution in [0.25, 0.3) is 0 Å². The smallest absolute Gasteiger partial charge is 0.410 e. The Hall–Kier alpha value is -1.79. The zero-order valence-electron chi connectivity index (χ0n) is 9.83. The molecule has 0 radical (unpaired) electrons. The fourth-order valence-corrected chi connectivity index (χ4v) is 1.17. The average molecular weight is 265 g/mol. The summed E-state index contributed by atoms with van der Waals surface area (Å²) < 4.78 is 34.0. The van der Waals surface area contributed by atoms with Gasteiger partial charge in [-0.3, -0.25) is 4.79 Å². The highest BCUT2D eigenvalue weighted by molar-refractivity contribution is 5.85. The van der Waals surface area contributed by atoms with Crippen LogP contribution < -0.4 is 0 Å². The van der Waals surface area contributed by atoms with E-state index in [-0.39, 0.29) is 12.0 Å². The number of hydrogen-bond donors (Lipinski definition) is 1. The van der Waals surface area contributed by atoms with Crippen molar-refractivity contribution in [1.29, 1.82) is 0 Å². The summed E-state index contributed by atoms with van der Waals surface area (Å²) in [7, 11) is 0. The normalized spacial score (nSPS) is 16.1. The summed E-state index contributed by atoms with van der Waals surface area (Å²) in [4.78, 5) is 22.1. The molecule has 1 heterocycles. The highest BCUT2D eigenvalue weighted by Crippen LogP contribution is 2.18. The maximum atomic E-state index is 11.3. The number of nitrogens with zero attached hydrogens (tertiary/aromatic N) is 1. The van der Waals surface area contributed by atoms with Gasteiger partial charge in [0.05, 0.1) is 0 Å². The van der Waals surface area contributed by atoms with Crippen LogP contribution in [0.2, 0.25) is 0 Å². The van der Waals surface area contributed by atoms with Gasteiger partial charge in [0.1, 0.15) is 0 Å². The van der Waals surface area contributed by atoms with Crippen molar-refractivity contribution in [2.45, 2.75) is 25.9 Å². The third kappa shape index (κ3) is 6.72. The third-order valence-corrected chi connectivity index (χ3v) is 2.05. The second-order valence-electron chi connectivity index (χ2n) is 3.55. The first-order chi connectivity index (χ1) is 8.17. The molecule has 0 unspecified atom stereocenters. The SMILES string of the molecule is C/C(=C\C(F)(F)F)C(=O)O.C=CN1CCCC1=O. The van der Waals surface area contributed by atoms with Crippen LogP contribution in [0.15, 0.2) is 24.4 Å². The van der Waals surface area contributed by atoms with E-state index >= 15 is 0 Å². The number of alkyl halides is 3. The van der Waals surface area contributed by atoms with E-state index in [2.05, 4.69) is 6.58 Å². The van der Waals surface area contributed by atoms with Crippen LogP contribution in [-0.2, 0) is 9.59 Å².